The molecule has 1 saturated carbocycles. The first kappa shape index (κ1) is 42.8. The van der Waals surface area contributed by atoms with E-state index in [1.807, 2.05) is 11.3 Å². The smallest absolute Gasteiger partial charge is 0.253 e. The standard InChI is InChI=1S/C63H65BN2S/c1-38-31-50-55-51(32-38)66-58-47(62(11)29-19-20-30-63(62,66)12)35-43(61(8,9)10)36-48(58)64(55)56-49(27-28-52-54(56)44-26-25-41(59(2,3)4)37-53(44)67-52)65(50)57-45(39-21-15-13-16-22-39)33-42(60(5,6)7)34-46(57)40-23-17-14-18-24-40/h13-18,21-28,31-37H,19-20,29-30H2,1-12H3. The molecule has 1 aromatic heterocycles. The molecule has 2 atom stereocenters. The van der Waals surface area contributed by atoms with E-state index in [4.69, 9.17) is 0 Å². The maximum atomic E-state index is 2.91. The summed E-state index contributed by atoms with van der Waals surface area (Å²) in [5.74, 6) is 0. The summed E-state index contributed by atoms with van der Waals surface area (Å²) < 4.78 is 2.74. The molecule has 8 aromatic rings. The first-order valence-electron chi connectivity index (χ1n) is 25.0. The molecule has 0 N–H and O–H groups in total. The molecule has 4 heteroatoms. The molecule has 4 aliphatic rings. The first-order chi connectivity index (χ1) is 31.8. The van der Waals surface area contributed by atoms with Crippen molar-refractivity contribution in [2.24, 2.45) is 0 Å². The third-order valence-corrected chi connectivity index (χ3v) is 18.0. The van der Waals surface area contributed by atoms with Crippen LogP contribution in [0.4, 0.5) is 28.4 Å². The fourth-order valence-corrected chi connectivity index (χ4v) is 14.1. The van der Waals surface area contributed by atoms with Crippen LogP contribution >= 0.6 is 11.3 Å². The molecule has 2 unspecified atom stereocenters. The van der Waals surface area contributed by atoms with Gasteiger partial charge in [-0.1, -0.05) is 167 Å². The van der Waals surface area contributed by atoms with Crippen LogP contribution < -0.4 is 26.2 Å². The average Bonchev–Trinajstić information content (AvgIpc) is 3.77. The summed E-state index contributed by atoms with van der Waals surface area (Å²) in [4.78, 5) is 5.66. The van der Waals surface area contributed by atoms with E-state index in [-0.39, 0.29) is 33.9 Å². The molecule has 1 fully saturated rings. The minimum absolute atomic E-state index is 0.0113. The number of hydrogen-bond acceptors (Lipinski definition) is 3. The molecule has 67 heavy (non-hydrogen) atoms. The van der Waals surface area contributed by atoms with Crippen molar-refractivity contribution in [3.8, 4) is 22.3 Å². The zero-order valence-electron chi connectivity index (χ0n) is 41.8. The summed E-state index contributed by atoms with van der Waals surface area (Å²) in [7, 11) is 0. The quantitative estimate of drug-likeness (QED) is 0.163. The van der Waals surface area contributed by atoms with Gasteiger partial charge in [-0.25, -0.2) is 0 Å². The second-order valence-electron chi connectivity index (χ2n) is 24.2. The van der Waals surface area contributed by atoms with Crippen molar-refractivity contribution in [1.29, 1.82) is 0 Å². The zero-order chi connectivity index (χ0) is 46.7. The van der Waals surface area contributed by atoms with Gasteiger partial charge in [0, 0.05) is 48.7 Å². The van der Waals surface area contributed by atoms with Gasteiger partial charge < -0.3 is 9.80 Å². The normalized spacial score (nSPS) is 19.7. The van der Waals surface area contributed by atoms with Crippen molar-refractivity contribution in [2.45, 2.75) is 136 Å². The predicted octanol–water partition coefficient (Wildman–Crippen LogP) is 15.9. The second-order valence-corrected chi connectivity index (χ2v) is 25.3. The Morgan fingerprint density at radius 2 is 1.13 bits per heavy atom. The largest absolute Gasteiger partial charge is 0.335 e. The average molecular weight is 893 g/mol. The Morgan fingerprint density at radius 3 is 1.76 bits per heavy atom. The van der Waals surface area contributed by atoms with Gasteiger partial charge in [0.15, 0.2) is 0 Å². The fraction of sp³-hybridized carbons (Fsp3) is 0.333. The van der Waals surface area contributed by atoms with Crippen LogP contribution in [0, 0.1) is 6.92 Å². The van der Waals surface area contributed by atoms with E-state index >= 15 is 0 Å². The summed E-state index contributed by atoms with van der Waals surface area (Å²) in [5, 5.41) is 2.78. The highest BCUT2D eigenvalue weighted by Gasteiger charge is 2.62. The van der Waals surface area contributed by atoms with Crippen LogP contribution in [-0.2, 0) is 21.7 Å². The molecule has 3 aliphatic heterocycles. The maximum absolute atomic E-state index is 2.91. The van der Waals surface area contributed by atoms with E-state index in [0.717, 1.165) is 0 Å². The minimum atomic E-state index is -0.0727. The van der Waals surface area contributed by atoms with Crippen molar-refractivity contribution in [1.82, 2.24) is 0 Å². The molecule has 0 spiro atoms. The Morgan fingerprint density at radius 1 is 0.537 bits per heavy atom. The van der Waals surface area contributed by atoms with E-state index in [1.54, 1.807) is 5.56 Å². The number of benzene rings is 7. The monoisotopic (exact) mass is 892 g/mol. The van der Waals surface area contributed by atoms with E-state index in [9.17, 15) is 0 Å². The van der Waals surface area contributed by atoms with Crippen molar-refractivity contribution in [3.05, 3.63) is 155 Å². The van der Waals surface area contributed by atoms with E-state index < -0.39 is 0 Å². The van der Waals surface area contributed by atoms with Gasteiger partial charge in [-0.3, -0.25) is 0 Å². The van der Waals surface area contributed by atoms with Gasteiger partial charge >= 0.3 is 0 Å². The Bertz CT molecular complexity index is 3300. The number of nitrogens with zero attached hydrogens (tertiary/aromatic N) is 2. The lowest BCUT2D eigenvalue weighted by atomic mass is 9.32. The summed E-state index contributed by atoms with van der Waals surface area (Å²) in [6.07, 6.45) is 4.91. The van der Waals surface area contributed by atoms with Gasteiger partial charge in [-0.05, 0) is 152 Å². The highest BCUT2D eigenvalue weighted by atomic mass is 32.1. The lowest BCUT2D eigenvalue weighted by Gasteiger charge is -2.53. The number of fused-ring (bicyclic) bond motifs is 11. The number of aryl methyl sites for hydroxylation is 1. The maximum Gasteiger partial charge on any atom is 0.253 e. The third kappa shape index (κ3) is 6.06. The molecule has 336 valence electrons. The van der Waals surface area contributed by atoms with Gasteiger partial charge in [0.05, 0.1) is 11.2 Å². The SMILES string of the molecule is Cc1cc2c3c(c1)N1c4c(cc(C(C)(C)C)cc4C4(C)CCCCC14C)B3c1c(ccc3sc4cc(C(C)(C)C)ccc4c13)N2c1c(-c2ccccc2)cc(C(C)(C)C)cc1-c1ccccc1. The van der Waals surface area contributed by atoms with Crippen LogP contribution in [0.3, 0.4) is 0 Å². The van der Waals surface area contributed by atoms with Gasteiger partial charge in [-0.2, -0.15) is 0 Å². The van der Waals surface area contributed by atoms with E-state index in [2.05, 4.69) is 220 Å². The van der Waals surface area contributed by atoms with Crippen LogP contribution in [0.1, 0.15) is 130 Å². The van der Waals surface area contributed by atoms with Crippen LogP contribution in [-0.4, -0.2) is 12.3 Å². The van der Waals surface area contributed by atoms with Crippen molar-refractivity contribution >= 4 is 83.0 Å². The Labute approximate surface area is 404 Å². The molecule has 0 radical (unpaired) electrons. The fourth-order valence-electron chi connectivity index (χ4n) is 13.0. The Kier molecular flexibility index (Phi) is 9.09. The number of thiophene rings is 1. The van der Waals surface area contributed by atoms with Crippen molar-refractivity contribution in [2.75, 3.05) is 9.80 Å². The predicted molar refractivity (Wildman–Crippen MR) is 293 cm³/mol. The van der Waals surface area contributed by atoms with Gasteiger partial charge in [0.25, 0.3) is 6.71 Å². The summed E-state index contributed by atoms with van der Waals surface area (Å²) in [5.41, 5.74) is 23.1. The highest BCUT2D eigenvalue weighted by molar-refractivity contribution is 7.26. The summed E-state index contributed by atoms with van der Waals surface area (Å²) >= 11 is 1.98. The Balaban J connectivity index is 1.29. The van der Waals surface area contributed by atoms with Gasteiger partial charge in [-0.15, -0.1) is 11.3 Å². The topological polar surface area (TPSA) is 6.48 Å². The molecule has 7 aromatic carbocycles. The molecule has 12 rings (SSSR count). The second kappa shape index (κ2) is 14.2. The van der Waals surface area contributed by atoms with E-state index in [1.165, 1.54) is 135 Å². The van der Waals surface area contributed by atoms with Gasteiger partial charge in [0.2, 0.25) is 0 Å². The Hall–Kier alpha value is -5.58. The molecule has 0 amide bonds. The lowest BCUT2D eigenvalue weighted by molar-refractivity contribution is 0.195. The summed E-state index contributed by atoms with van der Waals surface area (Å²) in [6.45, 7) is 29.0. The number of anilines is 5. The molecule has 1 aliphatic carbocycles. The lowest BCUT2D eigenvalue weighted by Crippen LogP contribution is -2.64. The third-order valence-electron chi connectivity index (χ3n) is 16.9. The van der Waals surface area contributed by atoms with Gasteiger partial charge in [0.1, 0.15) is 0 Å². The number of rotatable bonds is 3. The molecule has 0 saturated heterocycles. The van der Waals surface area contributed by atoms with Crippen molar-refractivity contribution in [3.63, 3.8) is 0 Å². The molecule has 4 heterocycles. The van der Waals surface area contributed by atoms with Crippen LogP contribution in [0.15, 0.2) is 127 Å². The van der Waals surface area contributed by atoms with Crippen LogP contribution in [0.2, 0.25) is 0 Å². The minimum Gasteiger partial charge on any atom is -0.335 e. The van der Waals surface area contributed by atoms with E-state index in [0.29, 0.717) is 0 Å². The molecule has 2 nitrogen and oxygen atoms in total. The van der Waals surface area contributed by atoms with Crippen molar-refractivity contribution < 1.29 is 0 Å². The number of hydrogen-bond donors (Lipinski definition) is 0. The molecular weight excluding hydrogens is 828 g/mol. The first-order valence-corrected chi connectivity index (χ1v) is 25.8. The van der Waals surface area contributed by atoms with Crippen LogP contribution in [0.5, 0.6) is 0 Å². The zero-order valence-corrected chi connectivity index (χ0v) is 42.6. The summed E-state index contributed by atoms with van der Waals surface area (Å²) in [6, 6.07) is 50.3. The highest BCUT2D eigenvalue weighted by Crippen LogP contribution is 2.63. The van der Waals surface area contributed by atoms with Crippen LogP contribution in [0.25, 0.3) is 42.4 Å². The molecule has 0 bridgehead atoms. The molecular formula is C63H65BN2S.